The molecule has 0 unspecified atom stereocenters. The monoisotopic (exact) mass is 301 g/mol. The number of carboxylic acids is 3. The van der Waals surface area contributed by atoms with E-state index in [-0.39, 0.29) is 16.7 Å². The van der Waals surface area contributed by atoms with Crippen LogP contribution in [-0.2, 0) is 14.4 Å². The minimum Gasteiger partial charge on any atom is -0.478 e. The molecule has 0 aromatic carbocycles. The molecule has 0 spiro atoms. The van der Waals surface area contributed by atoms with Gasteiger partial charge in [-0.05, 0) is 20.8 Å². The van der Waals surface area contributed by atoms with Crippen LogP contribution in [0.15, 0.2) is 36.5 Å². The molecule has 0 saturated carbocycles. The first kappa shape index (κ1) is 26.5. The van der Waals surface area contributed by atoms with Crippen LogP contribution >= 0.6 is 0 Å². The molecule has 4 N–H and O–H groups in total. The lowest BCUT2D eigenvalue weighted by molar-refractivity contribution is -0.133. The summed E-state index contributed by atoms with van der Waals surface area (Å²) in [5, 5.41) is 37.4. The van der Waals surface area contributed by atoms with Gasteiger partial charge in [0.2, 0.25) is 0 Å². The number of carbonyl (C=O) groups is 3. The summed E-state index contributed by atoms with van der Waals surface area (Å²) in [6, 6.07) is 0. The summed E-state index contributed by atoms with van der Waals surface area (Å²) < 4.78 is 0. The second kappa shape index (κ2) is 16.9. The molecule has 0 aromatic rings. The lowest BCUT2D eigenvalue weighted by Gasteiger charge is -1.79. The number of nitrogens with zero attached hydrogens (tertiary/aromatic N) is 1. The zero-order chi connectivity index (χ0) is 18.2. The first-order valence-electron chi connectivity index (χ1n) is 5.04. The van der Waals surface area contributed by atoms with Crippen LogP contribution in [0, 0.1) is 11.5 Å². The molecule has 118 valence electrons. The Morgan fingerprint density at radius 3 is 0.810 bits per heavy atom. The Hall–Kier alpha value is -3.08. The summed E-state index contributed by atoms with van der Waals surface area (Å²) in [6.45, 7) is 13.8. The van der Waals surface area contributed by atoms with E-state index in [1.807, 2.05) is 0 Å². The summed E-state index contributed by atoms with van der Waals surface area (Å²) >= 11 is 0. The lowest BCUT2D eigenvalue weighted by atomic mass is 10.4. The van der Waals surface area contributed by atoms with Gasteiger partial charge in [0.1, 0.15) is 0 Å². The topological polar surface area (TPSA) is 156 Å². The molecule has 0 bridgehead atoms. The van der Waals surface area contributed by atoms with Crippen molar-refractivity contribution >= 4 is 17.9 Å². The Bertz CT molecular complexity index is 351. The zero-order valence-electron chi connectivity index (χ0n) is 12.1. The maximum Gasteiger partial charge on any atom is 0.330 e. The van der Waals surface area contributed by atoms with Crippen LogP contribution in [0.1, 0.15) is 20.8 Å². The Morgan fingerprint density at radius 1 is 0.762 bits per heavy atom. The van der Waals surface area contributed by atoms with Crippen LogP contribution in [-0.4, -0.2) is 38.3 Å². The van der Waals surface area contributed by atoms with Crippen LogP contribution < -0.4 is 0 Å². The molecule has 0 amide bonds. The Balaban J connectivity index is -0.0000000944. The molecule has 0 aliphatic heterocycles. The molecule has 21 heavy (non-hydrogen) atoms. The van der Waals surface area contributed by atoms with Crippen LogP contribution in [0.4, 0.5) is 0 Å². The summed E-state index contributed by atoms with van der Waals surface area (Å²) in [5.41, 5.74) is 0.528. The smallest absolute Gasteiger partial charge is 0.330 e. The Labute approximate surface area is 122 Å². The predicted octanol–water partition coefficient (Wildman–Crippen LogP) is 1.78. The first-order valence-corrected chi connectivity index (χ1v) is 5.04. The van der Waals surface area contributed by atoms with Crippen molar-refractivity contribution in [2.45, 2.75) is 20.8 Å². The zero-order valence-corrected chi connectivity index (χ0v) is 12.1. The van der Waals surface area contributed by atoms with E-state index in [9.17, 15) is 14.4 Å². The van der Waals surface area contributed by atoms with E-state index in [0.29, 0.717) is 0 Å². The van der Waals surface area contributed by atoms with Gasteiger partial charge in [0.05, 0.1) is 0 Å². The van der Waals surface area contributed by atoms with Gasteiger partial charge in [-0.2, -0.15) is 5.26 Å². The number of carboxylic acid groups (broad SMARTS) is 3. The van der Waals surface area contributed by atoms with Crippen molar-refractivity contribution in [1.29, 1.82) is 5.26 Å². The Morgan fingerprint density at radius 2 is 0.810 bits per heavy atom. The maximum atomic E-state index is 9.60. The van der Waals surface area contributed by atoms with Crippen LogP contribution in [0.2, 0.25) is 0 Å². The number of aliphatic carboxylic acids is 3. The highest BCUT2D eigenvalue weighted by molar-refractivity contribution is 5.85. The van der Waals surface area contributed by atoms with Crippen molar-refractivity contribution in [1.82, 2.24) is 0 Å². The number of aliphatic hydroxyl groups is 1. The SMILES string of the molecule is C=C(C)C(=O)O.C=C(C)C(=O)O.C=C(C)C(=O)O.N#CO. The van der Waals surface area contributed by atoms with E-state index in [1.165, 1.54) is 20.8 Å². The van der Waals surface area contributed by atoms with Gasteiger partial charge < -0.3 is 20.4 Å². The van der Waals surface area contributed by atoms with Gasteiger partial charge in [0.25, 0.3) is 6.26 Å². The standard InChI is InChI=1S/3C4H6O2.CHNO/c3*1-3(2)4(5)6;2-1-3/h3*1H2,2H3,(H,5,6);3H. The lowest BCUT2D eigenvalue weighted by Crippen LogP contribution is -1.92. The molecular formula is C13H19NO7. The molecular weight excluding hydrogens is 282 g/mol. The van der Waals surface area contributed by atoms with Crippen molar-refractivity contribution < 1.29 is 34.8 Å². The Kier molecular flexibility index (Phi) is 21.3. The number of nitriles is 1. The van der Waals surface area contributed by atoms with Gasteiger partial charge in [-0.3, -0.25) is 0 Å². The largest absolute Gasteiger partial charge is 0.478 e. The van der Waals surface area contributed by atoms with Crippen molar-refractivity contribution in [3.05, 3.63) is 36.5 Å². The quantitative estimate of drug-likeness (QED) is 0.454. The first-order chi connectivity index (χ1) is 9.34. The third-order valence-electron chi connectivity index (χ3n) is 1.10. The summed E-state index contributed by atoms with van der Waals surface area (Å²) in [7, 11) is 0. The molecule has 0 aliphatic rings. The fourth-order valence-corrected chi connectivity index (χ4v) is 0. The van der Waals surface area contributed by atoms with E-state index in [1.54, 1.807) is 0 Å². The highest BCUT2D eigenvalue weighted by Gasteiger charge is 1.91. The molecule has 0 aromatic heterocycles. The molecule has 0 atom stereocenters. The average Bonchev–Trinajstić information content (AvgIpc) is 2.30. The number of aliphatic hydroxyl groups excluding tert-OH is 1. The van der Waals surface area contributed by atoms with E-state index in [0.717, 1.165) is 6.26 Å². The third-order valence-corrected chi connectivity index (χ3v) is 1.10. The van der Waals surface area contributed by atoms with E-state index >= 15 is 0 Å². The van der Waals surface area contributed by atoms with Gasteiger partial charge in [-0.1, -0.05) is 19.7 Å². The fourth-order valence-electron chi connectivity index (χ4n) is 0. The van der Waals surface area contributed by atoms with Crippen molar-refractivity contribution in [3.63, 3.8) is 0 Å². The second-order valence-corrected chi connectivity index (χ2v) is 3.36. The van der Waals surface area contributed by atoms with Gasteiger partial charge >= 0.3 is 17.9 Å². The second-order valence-electron chi connectivity index (χ2n) is 3.36. The third kappa shape index (κ3) is 47.3. The number of hydrogen-bond donors (Lipinski definition) is 4. The number of hydrogen-bond acceptors (Lipinski definition) is 5. The van der Waals surface area contributed by atoms with Gasteiger partial charge in [-0.15, -0.1) is 0 Å². The maximum absolute atomic E-state index is 9.60. The summed E-state index contributed by atoms with van der Waals surface area (Å²) in [6.07, 6.45) is 0.750. The van der Waals surface area contributed by atoms with Gasteiger partial charge in [0, 0.05) is 16.7 Å². The highest BCUT2D eigenvalue weighted by Crippen LogP contribution is 1.82. The normalized spacial score (nSPS) is 6.76. The van der Waals surface area contributed by atoms with Gasteiger partial charge in [0.15, 0.2) is 0 Å². The molecule has 8 heteroatoms. The molecule has 0 radical (unpaired) electrons. The molecule has 0 heterocycles. The average molecular weight is 301 g/mol. The molecule has 0 fully saturated rings. The fraction of sp³-hybridized carbons (Fsp3) is 0.231. The van der Waals surface area contributed by atoms with Crippen LogP contribution in [0.25, 0.3) is 0 Å². The van der Waals surface area contributed by atoms with Crippen molar-refractivity contribution in [3.8, 4) is 6.26 Å². The van der Waals surface area contributed by atoms with Gasteiger partial charge in [-0.25, -0.2) is 14.4 Å². The molecule has 8 nitrogen and oxygen atoms in total. The van der Waals surface area contributed by atoms with E-state index in [4.69, 9.17) is 25.7 Å². The summed E-state index contributed by atoms with van der Waals surface area (Å²) in [5.74, 6) is -2.81. The van der Waals surface area contributed by atoms with Crippen LogP contribution in [0.3, 0.4) is 0 Å². The van der Waals surface area contributed by atoms with Crippen molar-refractivity contribution in [2.24, 2.45) is 0 Å². The van der Waals surface area contributed by atoms with Crippen LogP contribution in [0.5, 0.6) is 0 Å². The predicted molar refractivity (Wildman–Crippen MR) is 74.9 cm³/mol. The molecule has 0 saturated heterocycles. The minimum atomic E-state index is -0.935. The minimum absolute atomic E-state index is 0.176. The molecule has 0 rings (SSSR count). The summed E-state index contributed by atoms with van der Waals surface area (Å²) in [4.78, 5) is 28.8. The number of rotatable bonds is 3. The van der Waals surface area contributed by atoms with E-state index < -0.39 is 17.9 Å². The van der Waals surface area contributed by atoms with E-state index in [2.05, 4.69) is 19.7 Å². The molecule has 0 aliphatic carbocycles. The highest BCUT2D eigenvalue weighted by atomic mass is 16.4. The van der Waals surface area contributed by atoms with Crippen molar-refractivity contribution in [2.75, 3.05) is 0 Å².